The van der Waals surface area contributed by atoms with Crippen LogP contribution in [-0.2, 0) is 13.6 Å². The van der Waals surface area contributed by atoms with Gasteiger partial charge in [-0.05, 0) is 38.4 Å². The topological polar surface area (TPSA) is 47.1 Å². The minimum Gasteiger partial charge on any atom is -0.330 e. The minimum atomic E-state index is 0.601. The van der Waals surface area contributed by atoms with Crippen LogP contribution in [0.1, 0.15) is 31.4 Å². The van der Waals surface area contributed by atoms with Crippen LogP contribution in [0.15, 0.2) is 24.3 Å². The number of para-hydroxylation sites is 1. The molecule has 2 unspecified atom stereocenters. The average molecular weight is 286 g/mol. The summed E-state index contributed by atoms with van der Waals surface area (Å²) in [6.07, 6.45) is 5.20. The van der Waals surface area contributed by atoms with Gasteiger partial charge in [0, 0.05) is 25.0 Å². The highest BCUT2D eigenvalue weighted by Gasteiger charge is 2.27. The van der Waals surface area contributed by atoms with Gasteiger partial charge in [0.1, 0.15) is 0 Å². The SMILES string of the molecule is CN(Cc1nn(C)c2ccccc12)C1CCCCC1CN. The van der Waals surface area contributed by atoms with E-state index in [1.54, 1.807) is 0 Å². The summed E-state index contributed by atoms with van der Waals surface area (Å²) in [7, 11) is 4.25. The molecular weight excluding hydrogens is 260 g/mol. The molecule has 0 saturated heterocycles. The van der Waals surface area contributed by atoms with Gasteiger partial charge >= 0.3 is 0 Å². The number of nitrogens with zero attached hydrogens (tertiary/aromatic N) is 3. The largest absolute Gasteiger partial charge is 0.330 e. The zero-order valence-electron chi connectivity index (χ0n) is 13.1. The van der Waals surface area contributed by atoms with Crippen molar-refractivity contribution in [3.63, 3.8) is 0 Å². The molecule has 4 nitrogen and oxygen atoms in total. The van der Waals surface area contributed by atoms with Gasteiger partial charge < -0.3 is 5.73 Å². The molecule has 0 aliphatic heterocycles. The van der Waals surface area contributed by atoms with Gasteiger partial charge in [-0.25, -0.2) is 0 Å². The molecule has 0 radical (unpaired) electrons. The predicted molar refractivity (Wildman–Crippen MR) is 87.0 cm³/mol. The summed E-state index contributed by atoms with van der Waals surface area (Å²) < 4.78 is 1.99. The van der Waals surface area contributed by atoms with Crippen molar-refractivity contribution in [2.75, 3.05) is 13.6 Å². The molecule has 4 heteroatoms. The summed E-state index contributed by atoms with van der Waals surface area (Å²) in [6, 6.07) is 9.08. The van der Waals surface area contributed by atoms with Crippen molar-refractivity contribution in [1.82, 2.24) is 14.7 Å². The van der Waals surface area contributed by atoms with Crippen molar-refractivity contribution in [3.05, 3.63) is 30.0 Å². The third-order valence-corrected chi connectivity index (χ3v) is 4.97. The molecule has 2 aromatic rings. The van der Waals surface area contributed by atoms with Crippen molar-refractivity contribution in [3.8, 4) is 0 Å². The van der Waals surface area contributed by atoms with Crippen molar-refractivity contribution in [2.24, 2.45) is 18.7 Å². The number of aromatic nitrogens is 2. The lowest BCUT2D eigenvalue weighted by Gasteiger charge is -2.37. The molecule has 2 N–H and O–H groups in total. The number of nitrogens with two attached hydrogens (primary N) is 1. The molecule has 1 heterocycles. The summed E-state index contributed by atoms with van der Waals surface area (Å²) >= 11 is 0. The van der Waals surface area contributed by atoms with E-state index >= 15 is 0 Å². The van der Waals surface area contributed by atoms with Crippen LogP contribution in [0.5, 0.6) is 0 Å². The van der Waals surface area contributed by atoms with E-state index in [2.05, 4.69) is 36.2 Å². The van der Waals surface area contributed by atoms with Gasteiger partial charge in [0.05, 0.1) is 11.2 Å². The lowest BCUT2D eigenvalue weighted by atomic mass is 9.83. The molecule has 1 aliphatic rings. The molecular formula is C17H26N4. The first-order chi connectivity index (χ1) is 10.2. The molecule has 1 aromatic heterocycles. The Kier molecular flexibility index (Phi) is 4.27. The van der Waals surface area contributed by atoms with E-state index in [0.717, 1.165) is 13.1 Å². The van der Waals surface area contributed by atoms with Crippen LogP contribution in [0.3, 0.4) is 0 Å². The summed E-state index contributed by atoms with van der Waals surface area (Å²) in [5, 5.41) is 5.99. The van der Waals surface area contributed by atoms with Crippen molar-refractivity contribution >= 4 is 10.9 Å². The van der Waals surface area contributed by atoms with Crippen LogP contribution in [-0.4, -0.2) is 34.3 Å². The first-order valence-corrected chi connectivity index (χ1v) is 8.01. The third-order valence-electron chi connectivity index (χ3n) is 4.97. The average Bonchev–Trinajstić information content (AvgIpc) is 2.84. The zero-order chi connectivity index (χ0) is 14.8. The monoisotopic (exact) mass is 286 g/mol. The van der Waals surface area contributed by atoms with E-state index in [0.29, 0.717) is 12.0 Å². The Morgan fingerprint density at radius 3 is 2.86 bits per heavy atom. The van der Waals surface area contributed by atoms with Crippen LogP contribution < -0.4 is 5.73 Å². The van der Waals surface area contributed by atoms with Gasteiger partial charge in [-0.2, -0.15) is 5.10 Å². The van der Waals surface area contributed by atoms with E-state index < -0.39 is 0 Å². The molecule has 1 saturated carbocycles. The first-order valence-electron chi connectivity index (χ1n) is 8.01. The van der Waals surface area contributed by atoms with Crippen LogP contribution in [0, 0.1) is 5.92 Å². The van der Waals surface area contributed by atoms with Crippen LogP contribution in [0.25, 0.3) is 10.9 Å². The number of hydrogen-bond donors (Lipinski definition) is 1. The normalized spacial score (nSPS) is 23.0. The predicted octanol–water partition coefficient (Wildman–Crippen LogP) is 2.52. The van der Waals surface area contributed by atoms with E-state index in [1.807, 2.05) is 11.7 Å². The Morgan fingerprint density at radius 1 is 1.29 bits per heavy atom. The molecule has 3 rings (SSSR count). The fourth-order valence-electron chi connectivity index (χ4n) is 3.80. The van der Waals surface area contributed by atoms with E-state index in [4.69, 9.17) is 10.8 Å². The Bertz CT molecular complexity index is 604. The Labute approximate surface area is 126 Å². The Morgan fingerprint density at radius 2 is 2.05 bits per heavy atom. The van der Waals surface area contributed by atoms with Gasteiger partial charge in [0.15, 0.2) is 0 Å². The third kappa shape index (κ3) is 2.83. The van der Waals surface area contributed by atoms with Crippen molar-refractivity contribution in [2.45, 2.75) is 38.3 Å². The van der Waals surface area contributed by atoms with Gasteiger partial charge in [-0.1, -0.05) is 31.0 Å². The molecule has 0 amide bonds. The summed E-state index contributed by atoms with van der Waals surface area (Å²) in [5.74, 6) is 0.638. The molecule has 1 aromatic carbocycles. The fourth-order valence-corrected chi connectivity index (χ4v) is 3.80. The highest BCUT2D eigenvalue weighted by molar-refractivity contribution is 5.81. The van der Waals surface area contributed by atoms with Crippen molar-refractivity contribution < 1.29 is 0 Å². The summed E-state index contributed by atoms with van der Waals surface area (Å²) in [4.78, 5) is 2.46. The molecule has 1 aliphatic carbocycles. The number of aryl methyl sites for hydroxylation is 1. The second-order valence-electron chi connectivity index (χ2n) is 6.35. The lowest BCUT2D eigenvalue weighted by Crippen LogP contribution is -2.42. The van der Waals surface area contributed by atoms with E-state index in [9.17, 15) is 0 Å². The Hall–Kier alpha value is -1.39. The second-order valence-corrected chi connectivity index (χ2v) is 6.35. The van der Waals surface area contributed by atoms with E-state index in [1.165, 1.54) is 42.3 Å². The maximum absolute atomic E-state index is 5.97. The molecule has 114 valence electrons. The van der Waals surface area contributed by atoms with E-state index in [-0.39, 0.29) is 0 Å². The molecule has 1 fully saturated rings. The van der Waals surface area contributed by atoms with Gasteiger partial charge in [-0.15, -0.1) is 0 Å². The number of rotatable bonds is 4. The second kappa shape index (κ2) is 6.16. The lowest BCUT2D eigenvalue weighted by molar-refractivity contribution is 0.126. The minimum absolute atomic E-state index is 0.601. The fraction of sp³-hybridized carbons (Fsp3) is 0.588. The van der Waals surface area contributed by atoms with Crippen LogP contribution in [0.2, 0.25) is 0 Å². The summed E-state index contributed by atoms with van der Waals surface area (Å²) in [6.45, 7) is 1.71. The molecule has 2 atom stereocenters. The summed E-state index contributed by atoms with van der Waals surface area (Å²) in [5.41, 5.74) is 8.36. The molecule has 0 bridgehead atoms. The van der Waals surface area contributed by atoms with Crippen molar-refractivity contribution in [1.29, 1.82) is 0 Å². The molecule has 21 heavy (non-hydrogen) atoms. The van der Waals surface area contributed by atoms with Crippen LogP contribution in [0.4, 0.5) is 0 Å². The maximum Gasteiger partial charge on any atom is 0.0843 e. The van der Waals surface area contributed by atoms with Gasteiger partial charge in [-0.3, -0.25) is 9.58 Å². The number of fused-ring (bicyclic) bond motifs is 1. The first kappa shape index (κ1) is 14.5. The number of hydrogen-bond acceptors (Lipinski definition) is 3. The molecule has 0 spiro atoms. The smallest absolute Gasteiger partial charge is 0.0843 e. The standard InChI is InChI=1S/C17H26N4/c1-20(16-9-5-3-7-13(16)11-18)12-15-14-8-4-6-10-17(14)21(2)19-15/h4,6,8,10,13,16H,3,5,7,9,11-12,18H2,1-2H3. The van der Waals surface area contributed by atoms with Crippen LogP contribution >= 0.6 is 0 Å². The number of benzene rings is 1. The highest BCUT2D eigenvalue weighted by Crippen LogP contribution is 2.29. The Balaban J connectivity index is 1.81. The zero-order valence-corrected chi connectivity index (χ0v) is 13.1. The quantitative estimate of drug-likeness (QED) is 0.939. The van der Waals surface area contributed by atoms with Gasteiger partial charge in [0.25, 0.3) is 0 Å². The van der Waals surface area contributed by atoms with Gasteiger partial charge in [0.2, 0.25) is 0 Å². The maximum atomic E-state index is 5.97. The highest BCUT2D eigenvalue weighted by atomic mass is 15.3.